The molecule has 0 bridgehead atoms. The fourth-order valence-electron chi connectivity index (χ4n) is 1.70. The molecule has 0 unspecified atom stereocenters. The smallest absolute Gasteiger partial charge is 0.337 e. The van der Waals surface area contributed by atoms with E-state index in [2.05, 4.69) is 6.58 Å². The lowest BCUT2D eigenvalue weighted by atomic mass is 10.2. The molecule has 0 fully saturated rings. The van der Waals surface area contributed by atoms with Crippen LogP contribution in [0, 0.1) is 10.1 Å². The Morgan fingerprint density at radius 1 is 1.52 bits per heavy atom. The van der Waals surface area contributed by atoms with Gasteiger partial charge in [-0.3, -0.25) is 10.1 Å². The van der Waals surface area contributed by atoms with Crippen molar-refractivity contribution in [2.45, 2.75) is 11.8 Å². The highest BCUT2D eigenvalue weighted by molar-refractivity contribution is 7.89. The Morgan fingerprint density at radius 3 is 2.57 bits per heavy atom. The van der Waals surface area contributed by atoms with Crippen LogP contribution in [0.1, 0.15) is 17.3 Å². The summed E-state index contributed by atoms with van der Waals surface area (Å²) in [6.45, 7) is 5.15. The second-order valence-electron chi connectivity index (χ2n) is 3.99. The number of carboxylic acid groups (broad SMARTS) is 1. The standard InChI is InChI=1S/C12H14N2O6S/c1-3-7-13(4-2)21(19,20)11-6-5-9(14(17)18)8-10(11)12(15)16/h3,5-6,8H,1,4,7H2,2H3,(H,15,16). The molecule has 1 rings (SSSR count). The summed E-state index contributed by atoms with van der Waals surface area (Å²) in [5, 5.41) is 19.8. The van der Waals surface area contributed by atoms with Crippen LogP contribution < -0.4 is 0 Å². The SMILES string of the molecule is C=CCN(CC)S(=O)(=O)c1ccc([N+](=O)[O-])cc1C(=O)O. The van der Waals surface area contributed by atoms with Crippen molar-refractivity contribution in [3.8, 4) is 0 Å². The largest absolute Gasteiger partial charge is 0.478 e. The molecular weight excluding hydrogens is 300 g/mol. The lowest BCUT2D eigenvalue weighted by Crippen LogP contribution is -2.32. The summed E-state index contributed by atoms with van der Waals surface area (Å²) in [6.07, 6.45) is 1.37. The van der Waals surface area contributed by atoms with Gasteiger partial charge in [-0.2, -0.15) is 4.31 Å². The number of non-ortho nitro benzene ring substituents is 1. The maximum absolute atomic E-state index is 12.4. The van der Waals surface area contributed by atoms with Crippen molar-refractivity contribution in [2.24, 2.45) is 0 Å². The second kappa shape index (κ2) is 6.46. The third-order valence-electron chi connectivity index (χ3n) is 2.71. The van der Waals surface area contributed by atoms with E-state index >= 15 is 0 Å². The Labute approximate surface area is 121 Å². The third-order valence-corrected chi connectivity index (χ3v) is 4.71. The van der Waals surface area contributed by atoms with Gasteiger partial charge in [0.15, 0.2) is 0 Å². The van der Waals surface area contributed by atoms with E-state index in [1.54, 1.807) is 6.92 Å². The number of likely N-dealkylation sites (N-methyl/N-ethyl adjacent to an activating group) is 1. The highest BCUT2D eigenvalue weighted by Crippen LogP contribution is 2.24. The first-order chi connectivity index (χ1) is 9.75. The minimum atomic E-state index is -4.07. The molecule has 21 heavy (non-hydrogen) atoms. The molecule has 0 heterocycles. The fourth-order valence-corrected chi connectivity index (χ4v) is 3.29. The van der Waals surface area contributed by atoms with Gasteiger partial charge in [0.05, 0.1) is 15.4 Å². The van der Waals surface area contributed by atoms with Gasteiger partial charge in [0.25, 0.3) is 5.69 Å². The van der Waals surface area contributed by atoms with E-state index in [-0.39, 0.29) is 13.1 Å². The molecular formula is C12H14N2O6S. The van der Waals surface area contributed by atoms with Crippen LogP contribution in [-0.2, 0) is 10.0 Å². The van der Waals surface area contributed by atoms with Gasteiger partial charge < -0.3 is 5.11 Å². The van der Waals surface area contributed by atoms with E-state index < -0.39 is 37.1 Å². The summed E-state index contributed by atoms with van der Waals surface area (Å²) < 4.78 is 25.8. The molecule has 8 nitrogen and oxygen atoms in total. The molecule has 0 amide bonds. The number of carboxylic acids is 1. The predicted molar refractivity (Wildman–Crippen MR) is 74.7 cm³/mol. The van der Waals surface area contributed by atoms with Gasteiger partial charge in [-0.15, -0.1) is 6.58 Å². The summed E-state index contributed by atoms with van der Waals surface area (Å²) >= 11 is 0. The molecule has 1 aromatic rings. The van der Waals surface area contributed by atoms with Gasteiger partial charge in [0.1, 0.15) is 0 Å². The maximum atomic E-state index is 12.4. The molecule has 1 aromatic carbocycles. The van der Waals surface area contributed by atoms with Crippen molar-refractivity contribution in [2.75, 3.05) is 13.1 Å². The van der Waals surface area contributed by atoms with Gasteiger partial charge in [0.2, 0.25) is 10.0 Å². The van der Waals surface area contributed by atoms with Crippen LogP contribution in [0.5, 0.6) is 0 Å². The van der Waals surface area contributed by atoms with Gasteiger partial charge in [-0.1, -0.05) is 13.0 Å². The first-order valence-electron chi connectivity index (χ1n) is 5.88. The molecule has 0 saturated heterocycles. The van der Waals surface area contributed by atoms with Crippen molar-refractivity contribution >= 4 is 21.7 Å². The number of carbonyl (C=O) groups is 1. The Kier molecular flexibility index (Phi) is 5.17. The zero-order valence-electron chi connectivity index (χ0n) is 11.2. The normalized spacial score (nSPS) is 11.3. The van der Waals surface area contributed by atoms with Crippen LogP contribution in [-0.4, -0.2) is 41.8 Å². The van der Waals surface area contributed by atoms with Gasteiger partial charge >= 0.3 is 5.97 Å². The van der Waals surface area contributed by atoms with Crippen LogP contribution in [0.25, 0.3) is 0 Å². The third kappa shape index (κ3) is 3.44. The number of nitro groups is 1. The number of hydrogen-bond donors (Lipinski definition) is 1. The highest BCUT2D eigenvalue weighted by Gasteiger charge is 2.29. The van der Waals surface area contributed by atoms with Crippen LogP contribution in [0.15, 0.2) is 35.7 Å². The number of sulfonamides is 1. The van der Waals surface area contributed by atoms with Crippen molar-refractivity contribution in [3.63, 3.8) is 0 Å². The minimum Gasteiger partial charge on any atom is -0.478 e. The first-order valence-corrected chi connectivity index (χ1v) is 7.32. The Morgan fingerprint density at radius 2 is 2.14 bits per heavy atom. The topological polar surface area (TPSA) is 118 Å². The lowest BCUT2D eigenvalue weighted by Gasteiger charge is -2.19. The lowest BCUT2D eigenvalue weighted by molar-refractivity contribution is -0.384. The molecule has 0 radical (unpaired) electrons. The summed E-state index contributed by atoms with van der Waals surface area (Å²) in [7, 11) is -4.07. The highest BCUT2D eigenvalue weighted by atomic mass is 32.2. The summed E-state index contributed by atoms with van der Waals surface area (Å²) in [6, 6.07) is 2.63. The van der Waals surface area contributed by atoms with Gasteiger partial charge in [0, 0.05) is 25.2 Å². The minimum absolute atomic E-state index is 0.00881. The summed E-state index contributed by atoms with van der Waals surface area (Å²) in [5.74, 6) is -1.55. The van der Waals surface area contributed by atoms with Crippen molar-refractivity contribution in [1.29, 1.82) is 0 Å². The number of hydrogen-bond acceptors (Lipinski definition) is 5. The van der Waals surface area contributed by atoms with E-state index in [4.69, 9.17) is 5.11 Å². The predicted octanol–water partition coefficient (Wildman–Crippen LogP) is 1.49. The van der Waals surface area contributed by atoms with Crippen LogP contribution >= 0.6 is 0 Å². The van der Waals surface area contributed by atoms with E-state index in [9.17, 15) is 23.3 Å². The second-order valence-corrected chi connectivity index (χ2v) is 5.89. The van der Waals surface area contributed by atoms with Gasteiger partial charge in [-0.05, 0) is 6.07 Å². The number of benzene rings is 1. The molecule has 0 aliphatic heterocycles. The molecule has 0 saturated carbocycles. The Balaban J connectivity index is 3.51. The molecule has 1 N–H and O–H groups in total. The molecule has 0 aliphatic carbocycles. The van der Waals surface area contributed by atoms with Crippen LogP contribution in [0.2, 0.25) is 0 Å². The molecule has 9 heteroatoms. The number of nitrogens with zero attached hydrogens (tertiary/aromatic N) is 2. The fraction of sp³-hybridized carbons (Fsp3) is 0.250. The molecule has 114 valence electrons. The number of aromatic carboxylic acids is 1. The average Bonchev–Trinajstić information content (AvgIpc) is 2.43. The van der Waals surface area contributed by atoms with E-state index in [1.165, 1.54) is 6.08 Å². The summed E-state index contributed by atoms with van der Waals surface area (Å²) in [4.78, 5) is 20.6. The Bertz CT molecular complexity index is 683. The van der Waals surface area contributed by atoms with E-state index in [1.807, 2.05) is 0 Å². The van der Waals surface area contributed by atoms with Crippen molar-refractivity contribution in [1.82, 2.24) is 4.31 Å². The van der Waals surface area contributed by atoms with E-state index in [0.717, 1.165) is 22.5 Å². The first kappa shape index (κ1) is 16.8. The zero-order chi connectivity index (χ0) is 16.2. The maximum Gasteiger partial charge on any atom is 0.337 e. The number of nitro benzene ring substituents is 1. The molecule has 0 atom stereocenters. The quantitative estimate of drug-likeness (QED) is 0.463. The van der Waals surface area contributed by atoms with Crippen LogP contribution in [0.4, 0.5) is 5.69 Å². The van der Waals surface area contributed by atoms with Crippen molar-refractivity contribution < 1.29 is 23.2 Å². The zero-order valence-corrected chi connectivity index (χ0v) is 12.0. The van der Waals surface area contributed by atoms with Crippen LogP contribution in [0.3, 0.4) is 0 Å². The number of rotatable bonds is 7. The monoisotopic (exact) mass is 314 g/mol. The molecule has 0 aliphatic rings. The average molecular weight is 314 g/mol. The Hall–Kier alpha value is -2.26. The van der Waals surface area contributed by atoms with Gasteiger partial charge in [-0.25, -0.2) is 13.2 Å². The summed E-state index contributed by atoms with van der Waals surface area (Å²) in [5.41, 5.74) is -1.12. The molecule has 0 aromatic heterocycles. The van der Waals surface area contributed by atoms with E-state index in [0.29, 0.717) is 0 Å². The van der Waals surface area contributed by atoms with Crippen molar-refractivity contribution in [3.05, 3.63) is 46.5 Å². The molecule has 0 spiro atoms.